The molecule has 0 aromatic rings. The Morgan fingerprint density at radius 1 is 0.369 bits per heavy atom. The number of allylic oxidation sites excluding steroid dienone is 4. The highest BCUT2D eigenvalue weighted by atomic mass is 31.2. The van der Waals surface area contributed by atoms with Crippen LogP contribution in [-0.2, 0) is 32.7 Å². The first-order valence-electron chi connectivity index (χ1n) is 37.1. The standard InChI is InChI=1S/C74H144NO8P/c1-6-8-10-12-14-16-18-20-22-24-26-28-30-32-33-34-35-36-37-38-39-40-41-43-44-46-48-50-52-54-56-58-60-62-64-66-73(76)80-70-72(71-82-84(78,79)81-69-68-75(3,4)5)83-74(77)67-65-63-61-59-57-55-53-51-49-47-45-42-31-29-27-25-23-21-19-17-15-13-11-9-7-2/h19,21,25,27,72H,6-18,20,22-24,26,28-71H2,1-5H3/p+1/b21-19-,27-25-. The number of quaternary nitrogens is 1. The number of nitrogens with zero attached hydrogens (tertiary/aromatic N) is 1. The second-order valence-electron chi connectivity index (χ2n) is 26.7. The molecule has 0 aromatic carbocycles. The SMILES string of the molecule is CCCCCCC/C=C\C/C=C\CCCCCCCCCCCCCCCC(=O)OC(COC(=O)CCCCCCCCCCCCCCCCCCCCCCCCCCCCCCCCCCCCC)COP(=O)(O)OCC[N+](C)(C)C. The lowest BCUT2D eigenvalue weighted by molar-refractivity contribution is -0.870. The van der Waals surface area contributed by atoms with E-state index in [2.05, 4.69) is 38.2 Å². The average molecular weight is 1210 g/mol. The van der Waals surface area contributed by atoms with E-state index in [0.717, 1.165) is 38.5 Å². The van der Waals surface area contributed by atoms with Crippen LogP contribution in [0.4, 0.5) is 0 Å². The highest BCUT2D eigenvalue weighted by Crippen LogP contribution is 2.43. The van der Waals surface area contributed by atoms with Crippen LogP contribution in [0.5, 0.6) is 0 Å². The Kier molecular flexibility index (Phi) is 64.7. The summed E-state index contributed by atoms with van der Waals surface area (Å²) < 4.78 is 34.8. The number of ether oxygens (including phenoxy) is 2. The lowest BCUT2D eigenvalue weighted by Gasteiger charge is -2.24. The molecule has 0 saturated heterocycles. The summed E-state index contributed by atoms with van der Waals surface area (Å²) in [6.07, 6.45) is 83.1. The molecule has 0 bridgehead atoms. The first kappa shape index (κ1) is 82.5. The minimum atomic E-state index is -4.39. The molecule has 0 radical (unpaired) electrons. The van der Waals surface area contributed by atoms with E-state index in [9.17, 15) is 19.0 Å². The van der Waals surface area contributed by atoms with Gasteiger partial charge in [0, 0.05) is 12.8 Å². The molecule has 10 heteroatoms. The van der Waals surface area contributed by atoms with Gasteiger partial charge < -0.3 is 18.9 Å². The van der Waals surface area contributed by atoms with Crippen LogP contribution in [0.1, 0.15) is 386 Å². The van der Waals surface area contributed by atoms with Crippen molar-refractivity contribution in [2.45, 2.75) is 392 Å². The Labute approximate surface area is 523 Å². The van der Waals surface area contributed by atoms with Crippen LogP contribution in [0.25, 0.3) is 0 Å². The zero-order valence-electron chi connectivity index (χ0n) is 56.9. The van der Waals surface area contributed by atoms with Gasteiger partial charge in [-0.25, -0.2) is 4.57 Å². The van der Waals surface area contributed by atoms with Crippen LogP contribution in [-0.4, -0.2) is 74.9 Å². The maximum Gasteiger partial charge on any atom is 0.472 e. The molecule has 2 unspecified atom stereocenters. The largest absolute Gasteiger partial charge is 0.472 e. The molecule has 84 heavy (non-hydrogen) atoms. The third kappa shape index (κ3) is 69.6. The monoisotopic (exact) mass is 1210 g/mol. The van der Waals surface area contributed by atoms with E-state index in [1.54, 1.807) is 0 Å². The summed E-state index contributed by atoms with van der Waals surface area (Å²) in [6.45, 7) is 4.50. The molecular formula is C74H145NO8P+. The number of phosphoric ester groups is 1. The number of carbonyl (C=O) groups excluding carboxylic acids is 2. The topological polar surface area (TPSA) is 108 Å². The summed E-state index contributed by atoms with van der Waals surface area (Å²) in [5.41, 5.74) is 0. The fourth-order valence-electron chi connectivity index (χ4n) is 11.3. The van der Waals surface area contributed by atoms with Gasteiger partial charge in [0.2, 0.25) is 0 Å². The summed E-state index contributed by atoms with van der Waals surface area (Å²) in [4.78, 5) is 35.9. The van der Waals surface area contributed by atoms with Gasteiger partial charge in [-0.2, -0.15) is 0 Å². The van der Waals surface area contributed by atoms with Crippen molar-refractivity contribution in [1.29, 1.82) is 0 Å². The van der Waals surface area contributed by atoms with Crippen molar-refractivity contribution in [3.8, 4) is 0 Å². The molecule has 0 aromatic heterocycles. The van der Waals surface area contributed by atoms with Crippen molar-refractivity contribution in [1.82, 2.24) is 0 Å². The van der Waals surface area contributed by atoms with Crippen LogP contribution in [0.15, 0.2) is 24.3 Å². The fourth-order valence-corrected chi connectivity index (χ4v) is 12.0. The molecule has 0 aliphatic carbocycles. The third-order valence-electron chi connectivity index (χ3n) is 17.0. The van der Waals surface area contributed by atoms with Crippen molar-refractivity contribution in [3.05, 3.63) is 24.3 Å². The quantitative estimate of drug-likeness (QED) is 0.0211. The Bertz CT molecular complexity index is 1460. The van der Waals surface area contributed by atoms with Gasteiger partial charge in [0.15, 0.2) is 6.10 Å². The van der Waals surface area contributed by atoms with E-state index in [0.29, 0.717) is 23.9 Å². The van der Waals surface area contributed by atoms with Crippen LogP contribution in [0.3, 0.4) is 0 Å². The number of carbonyl (C=O) groups is 2. The van der Waals surface area contributed by atoms with Crippen molar-refractivity contribution >= 4 is 19.8 Å². The van der Waals surface area contributed by atoms with Gasteiger partial charge in [-0.3, -0.25) is 18.6 Å². The molecule has 2 atom stereocenters. The molecule has 0 fully saturated rings. The Morgan fingerprint density at radius 2 is 0.643 bits per heavy atom. The average Bonchev–Trinajstić information content (AvgIpc) is 3.60. The molecule has 0 aliphatic heterocycles. The summed E-state index contributed by atoms with van der Waals surface area (Å²) in [5.74, 6) is -0.775. The predicted octanol–water partition coefficient (Wildman–Crippen LogP) is 24.1. The van der Waals surface area contributed by atoms with Crippen LogP contribution in [0.2, 0.25) is 0 Å². The predicted molar refractivity (Wildman–Crippen MR) is 363 cm³/mol. The lowest BCUT2D eigenvalue weighted by Crippen LogP contribution is -2.37. The van der Waals surface area contributed by atoms with Crippen molar-refractivity contribution in [2.75, 3.05) is 47.5 Å². The minimum absolute atomic E-state index is 0.0348. The van der Waals surface area contributed by atoms with Crippen molar-refractivity contribution in [3.63, 3.8) is 0 Å². The normalized spacial score (nSPS) is 13.2. The summed E-state index contributed by atoms with van der Waals surface area (Å²) in [6, 6.07) is 0. The summed E-state index contributed by atoms with van der Waals surface area (Å²) in [7, 11) is 1.50. The van der Waals surface area contributed by atoms with Crippen LogP contribution < -0.4 is 0 Å². The van der Waals surface area contributed by atoms with E-state index in [1.165, 1.54) is 315 Å². The molecule has 0 amide bonds. The van der Waals surface area contributed by atoms with Gasteiger partial charge in [-0.15, -0.1) is 0 Å². The van der Waals surface area contributed by atoms with Gasteiger partial charge in [0.25, 0.3) is 0 Å². The van der Waals surface area contributed by atoms with Gasteiger partial charge in [0.05, 0.1) is 27.7 Å². The fraction of sp³-hybridized carbons (Fsp3) is 0.919. The first-order chi connectivity index (χ1) is 41.0. The number of rotatable bonds is 70. The van der Waals surface area contributed by atoms with Crippen molar-refractivity contribution < 1.29 is 42.1 Å². The Hall–Kier alpha value is -1.51. The van der Waals surface area contributed by atoms with E-state index in [1.807, 2.05) is 21.1 Å². The lowest BCUT2D eigenvalue weighted by atomic mass is 10.0. The number of hydrogen-bond donors (Lipinski definition) is 1. The van der Waals surface area contributed by atoms with E-state index >= 15 is 0 Å². The second-order valence-corrected chi connectivity index (χ2v) is 28.1. The number of hydrogen-bond acceptors (Lipinski definition) is 7. The molecule has 1 N–H and O–H groups in total. The molecule has 0 aliphatic rings. The molecule has 0 spiro atoms. The third-order valence-corrected chi connectivity index (χ3v) is 18.0. The van der Waals surface area contributed by atoms with Gasteiger partial charge in [-0.1, -0.05) is 353 Å². The second kappa shape index (κ2) is 65.9. The van der Waals surface area contributed by atoms with E-state index in [-0.39, 0.29) is 25.6 Å². The van der Waals surface area contributed by atoms with E-state index < -0.39 is 26.5 Å². The molecule has 9 nitrogen and oxygen atoms in total. The van der Waals surface area contributed by atoms with Gasteiger partial charge >= 0.3 is 19.8 Å². The first-order valence-corrected chi connectivity index (χ1v) is 38.6. The maximum absolute atomic E-state index is 12.9. The van der Waals surface area contributed by atoms with Crippen LogP contribution >= 0.6 is 7.82 Å². The Balaban J connectivity index is 3.93. The smallest absolute Gasteiger partial charge is 0.462 e. The summed E-state index contributed by atoms with van der Waals surface area (Å²) >= 11 is 0. The zero-order chi connectivity index (χ0) is 61.2. The number of likely N-dealkylation sites (N-methyl/N-ethyl adjacent to an activating group) is 1. The highest BCUT2D eigenvalue weighted by Gasteiger charge is 2.27. The van der Waals surface area contributed by atoms with E-state index in [4.69, 9.17) is 18.5 Å². The molecule has 498 valence electrons. The van der Waals surface area contributed by atoms with Crippen molar-refractivity contribution in [2.24, 2.45) is 0 Å². The highest BCUT2D eigenvalue weighted by molar-refractivity contribution is 7.47. The van der Waals surface area contributed by atoms with Crippen LogP contribution in [0, 0.1) is 0 Å². The molecule has 0 saturated carbocycles. The number of esters is 2. The van der Waals surface area contributed by atoms with Gasteiger partial charge in [0.1, 0.15) is 19.8 Å². The molecule has 0 rings (SSSR count). The zero-order valence-corrected chi connectivity index (χ0v) is 57.8. The van der Waals surface area contributed by atoms with Gasteiger partial charge in [-0.05, 0) is 44.9 Å². The summed E-state index contributed by atoms with van der Waals surface area (Å²) in [5, 5.41) is 0. The number of phosphoric acid groups is 1. The molecular weight excluding hydrogens is 1060 g/mol. The Morgan fingerprint density at radius 3 is 0.940 bits per heavy atom. The maximum atomic E-state index is 12.9. The minimum Gasteiger partial charge on any atom is -0.462 e. The number of unbranched alkanes of at least 4 members (excludes halogenated alkanes) is 52. The molecule has 0 heterocycles.